The van der Waals surface area contributed by atoms with Crippen LogP contribution in [0.15, 0.2) is 0 Å². The van der Waals surface area contributed by atoms with Gasteiger partial charge in [0.1, 0.15) is 0 Å². The van der Waals surface area contributed by atoms with Crippen molar-refractivity contribution in [3.8, 4) is 0 Å². The van der Waals surface area contributed by atoms with Crippen molar-refractivity contribution >= 4 is 11.8 Å². The van der Waals surface area contributed by atoms with E-state index < -0.39 is 5.41 Å². The first kappa shape index (κ1) is 14.3. The largest absolute Gasteiger partial charge is 0.341 e. The van der Waals surface area contributed by atoms with Crippen molar-refractivity contribution in [2.24, 2.45) is 17.1 Å². The lowest BCUT2D eigenvalue weighted by atomic mass is 9.62. The van der Waals surface area contributed by atoms with Gasteiger partial charge in [0, 0.05) is 26.7 Å². The smallest absolute Gasteiger partial charge is 0.242 e. The predicted molar refractivity (Wildman–Crippen MR) is 73.3 cm³/mol. The Morgan fingerprint density at radius 2 is 1.89 bits per heavy atom. The number of nitrogens with two attached hydrogens (primary N) is 1. The van der Waals surface area contributed by atoms with Gasteiger partial charge in [0.05, 0.1) is 12.0 Å². The number of likely N-dealkylation sites (tertiary alicyclic amines) is 1. The van der Waals surface area contributed by atoms with Crippen LogP contribution in [0.2, 0.25) is 0 Å². The highest BCUT2D eigenvalue weighted by Gasteiger charge is 2.48. The summed E-state index contributed by atoms with van der Waals surface area (Å²) in [5, 5.41) is 0. The summed E-state index contributed by atoms with van der Waals surface area (Å²) in [7, 11) is 1.72. The second-order valence-corrected chi connectivity index (χ2v) is 6.25. The topological polar surface area (TPSA) is 66.6 Å². The van der Waals surface area contributed by atoms with Crippen molar-refractivity contribution in [3.05, 3.63) is 0 Å². The summed E-state index contributed by atoms with van der Waals surface area (Å²) < 4.78 is 0. The van der Waals surface area contributed by atoms with Crippen molar-refractivity contribution in [1.29, 1.82) is 0 Å². The molecule has 5 heteroatoms. The number of nitrogens with zero attached hydrogens (tertiary/aromatic N) is 2. The molecule has 2 aliphatic rings. The molecule has 1 saturated carbocycles. The van der Waals surface area contributed by atoms with E-state index in [0.717, 1.165) is 38.8 Å². The zero-order chi connectivity index (χ0) is 14.0. The summed E-state index contributed by atoms with van der Waals surface area (Å²) in [5.74, 6) is 0.670. The molecule has 1 aliphatic heterocycles. The molecule has 1 aliphatic carbocycles. The minimum absolute atomic E-state index is 0.0423. The van der Waals surface area contributed by atoms with Crippen LogP contribution in [0.4, 0.5) is 0 Å². The molecule has 5 nitrogen and oxygen atoms in total. The third kappa shape index (κ3) is 2.76. The maximum absolute atomic E-state index is 12.4. The fourth-order valence-electron chi connectivity index (χ4n) is 3.45. The maximum Gasteiger partial charge on any atom is 0.242 e. The van der Waals surface area contributed by atoms with E-state index in [0.29, 0.717) is 12.5 Å². The number of carbonyl (C=O) groups is 2. The molecular weight excluding hydrogens is 242 g/mol. The highest BCUT2D eigenvalue weighted by molar-refractivity contribution is 5.88. The number of rotatable bonds is 4. The van der Waals surface area contributed by atoms with E-state index in [-0.39, 0.29) is 18.4 Å². The van der Waals surface area contributed by atoms with Gasteiger partial charge in [0.25, 0.3) is 0 Å². The van der Waals surface area contributed by atoms with Crippen LogP contribution in [0, 0.1) is 11.3 Å². The van der Waals surface area contributed by atoms with E-state index in [4.69, 9.17) is 5.73 Å². The second-order valence-electron chi connectivity index (χ2n) is 6.25. The van der Waals surface area contributed by atoms with E-state index in [2.05, 4.69) is 6.92 Å². The van der Waals surface area contributed by atoms with Gasteiger partial charge in [-0.05, 0) is 31.6 Å². The lowest BCUT2D eigenvalue weighted by Gasteiger charge is -2.46. The van der Waals surface area contributed by atoms with E-state index in [1.54, 1.807) is 11.9 Å². The van der Waals surface area contributed by atoms with E-state index in [9.17, 15) is 9.59 Å². The van der Waals surface area contributed by atoms with Crippen LogP contribution in [0.25, 0.3) is 0 Å². The highest BCUT2D eigenvalue weighted by Crippen LogP contribution is 2.45. The fourth-order valence-corrected chi connectivity index (χ4v) is 3.45. The Morgan fingerprint density at radius 1 is 1.32 bits per heavy atom. The summed E-state index contributed by atoms with van der Waals surface area (Å²) in [6, 6.07) is 0. The Morgan fingerprint density at radius 3 is 2.37 bits per heavy atom. The molecule has 0 radical (unpaired) electrons. The molecule has 0 spiro atoms. The number of hydrogen-bond acceptors (Lipinski definition) is 3. The molecule has 108 valence electrons. The minimum atomic E-state index is -0.403. The van der Waals surface area contributed by atoms with Gasteiger partial charge in [-0.25, -0.2) is 0 Å². The minimum Gasteiger partial charge on any atom is -0.341 e. The Balaban J connectivity index is 1.90. The van der Waals surface area contributed by atoms with Crippen molar-refractivity contribution in [2.45, 2.75) is 32.6 Å². The molecule has 2 rings (SSSR count). The van der Waals surface area contributed by atoms with E-state index in [1.807, 2.05) is 4.90 Å². The molecule has 19 heavy (non-hydrogen) atoms. The summed E-state index contributed by atoms with van der Waals surface area (Å²) in [4.78, 5) is 27.9. The molecule has 2 fully saturated rings. The third-order valence-electron chi connectivity index (χ3n) is 4.50. The number of amides is 2. The quantitative estimate of drug-likeness (QED) is 0.804. The van der Waals surface area contributed by atoms with E-state index >= 15 is 0 Å². The number of carbonyl (C=O) groups excluding carboxylic acids is 2. The molecule has 1 saturated heterocycles. The molecule has 2 N–H and O–H groups in total. The van der Waals surface area contributed by atoms with Crippen LogP contribution in [0.5, 0.6) is 0 Å². The Kier molecular flexibility index (Phi) is 4.13. The molecule has 1 heterocycles. The van der Waals surface area contributed by atoms with Gasteiger partial charge in [0.15, 0.2) is 0 Å². The summed E-state index contributed by atoms with van der Waals surface area (Å²) >= 11 is 0. The van der Waals surface area contributed by atoms with Crippen LogP contribution in [-0.2, 0) is 9.59 Å². The van der Waals surface area contributed by atoms with Gasteiger partial charge < -0.3 is 15.5 Å². The van der Waals surface area contributed by atoms with Gasteiger partial charge >= 0.3 is 0 Å². The van der Waals surface area contributed by atoms with Crippen LogP contribution >= 0.6 is 0 Å². The normalized spacial score (nSPS) is 30.1. The zero-order valence-electron chi connectivity index (χ0n) is 12.0. The standard InChI is InChI=1S/C14H25N3O2/c1-11-7-14(8-11,10-15)13(19)16(2)9-12(18)17-5-3-4-6-17/h11H,3-10,15H2,1-2H3. The fraction of sp³-hybridized carbons (Fsp3) is 0.857. The number of hydrogen-bond donors (Lipinski definition) is 1. The van der Waals surface area contributed by atoms with Crippen LogP contribution < -0.4 is 5.73 Å². The molecule has 2 amide bonds. The van der Waals surface area contributed by atoms with Crippen molar-refractivity contribution in [1.82, 2.24) is 9.80 Å². The first-order chi connectivity index (χ1) is 8.98. The first-order valence-electron chi connectivity index (χ1n) is 7.22. The molecule has 0 aromatic carbocycles. The van der Waals surface area contributed by atoms with Crippen LogP contribution in [0.3, 0.4) is 0 Å². The molecule has 0 unspecified atom stereocenters. The molecule has 0 aromatic heterocycles. The average molecular weight is 267 g/mol. The van der Waals surface area contributed by atoms with Crippen LogP contribution in [0.1, 0.15) is 32.6 Å². The Hall–Kier alpha value is -1.10. The lowest BCUT2D eigenvalue weighted by Crippen LogP contribution is -2.55. The van der Waals surface area contributed by atoms with Gasteiger partial charge in [-0.1, -0.05) is 6.92 Å². The monoisotopic (exact) mass is 267 g/mol. The molecule has 0 aromatic rings. The Bertz CT molecular complexity index is 358. The molecule has 0 bridgehead atoms. The SMILES string of the molecule is CC1CC(CN)(C(=O)N(C)CC(=O)N2CCCC2)C1. The zero-order valence-corrected chi connectivity index (χ0v) is 12.0. The summed E-state index contributed by atoms with van der Waals surface area (Å²) in [5.41, 5.74) is 5.38. The Labute approximate surface area is 115 Å². The average Bonchev–Trinajstić information content (AvgIpc) is 2.87. The van der Waals surface area contributed by atoms with Gasteiger partial charge in [-0.3, -0.25) is 9.59 Å². The summed E-state index contributed by atoms with van der Waals surface area (Å²) in [6.45, 7) is 4.38. The highest BCUT2D eigenvalue weighted by atomic mass is 16.2. The van der Waals surface area contributed by atoms with Gasteiger partial charge in [-0.2, -0.15) is 0 Å². The van der Waals surface area contributed by atoms with Gasteiger partial charge in [0.2, 0.25) is 11.8 Å². The third-order valence-corrected chi connectivity index (χ3v) is 4.50. The molecule has 0 atom stereocenters. The lowest BCUT2D eigenvalue weighted by molar-refractivity contribution is -0.151. The number of likely N-dealkylation sites (N-methyl/N-ethyl adjacent to an activating group) is 1. The second kappa shape index (κ2) is 5.49. The van der Waals surface area contributed by atoms with E-state index in [1.165, 1.54) is 0 Å². The summed E-state index contributed by atoms with van der Waals surface area (Å²) in [6.07, 6.45) is 3.86. The van der Waals surface area contributed by atoms with Crippen LogP contribution in [-0.4, -0.2) is 54.8 Å². The van der Waals surface area contributed by atoms with Crippen molar-refractivity contribution in [3.63, 3.8) is 0 Å². The predicted octanol–water partition coefficient (Wildman–Crippen LogP) is 0.442. The van der Waals surface area contributed by atoms with Crippen molar-refractivity contribution < 1.29 is 9.59 Å². The first-order valence-corrected chi connectivity index (χ1v) is 7.22. The maximum atomic E-state index is 12.4. The molecular formula is C14H25N3O2. The van der Waals surface area contributed by atoms with Gasteiger partial charge in [-0.15, -0.1) is 0 Å². The van der Waals surface area contributed by atoms with Crippen molar-refractivity contribution in [2.75, 3.05) is 33.2 Å².